The van der Waals surface area contributed by atoms with Crippen LogP contribution >= 0.6 is 0 Å². The Hall–Kier alpha value is -2.05. The molecular weight excluding hydrogens is 236 g/mol. The molecule has 1 saturated carbocycles. The molecular formula is C11H16N4O3. The first-order valence-corrected chi connectivity index (χ1v) is 5.89. The maximum atomic E-state index is 11.5. The van der Waals surface area contributed by atoms with Gasteiger partial charge in [0.25, 0.3) is 0 Å². The third-order valence-corrected chi connectivity index (χ3v) is 2.86. The number of amides is 2. The predicted molar refractivity (Wildman–Crippen MR) is 62.7 cm³/mol. The average Bonchev–Trinajstić information content (AvgIpc) is 2.99. The van der Waals surface area contributed by atoms with Crippen molar-refractivity contribution in [2.45, 2.75) is 31.8 Å². The van der Waals surface area contributed by atoms with Crippen molar-refractivity contribution in [3.8, 4) is 0 Å². The fraction of sp³-hybridized carbons (Fsp3) is 0.545. The van der Waals surface area contributed by atoms with E-state index >= 15 is 0 Å². The second kappa shape index (κ2) is 5.52. The lowest BCUT2D eigenvalue weighted by Crippen LogP contribution is -2.46. The summed E-state index contributed by atoms with van der Waals surface area (Å²) in [7, 11) is 0. The Morgan fingerprint density at radius 3 is 2.89 bits per heavy atom. The van der Waals surface area contributed by atoms with Crippen LogP contribution in [0.5, 0.6) is 0 Å². The highest BCUT2D eigenvalue weighted by molar-refractivity contribution is 5.82. The molecule has 1 atom stereocenters. The first-order valence-electron chi connectivity index (χ1n) is 5.89. The molecule has 4 N–H and O–H groups in total. The zero-order valence-electron chi connectivity index (χ0n) is 9.85. The number of carboxylic acid groups (broad SMARTS) is 1. The van der Waals surface area contributed by atoms with Gasteiger partial charge in [0.05, 0.1) is 18.6 Å². The Kier molecular flexibility index (Phi) is 3.81. The molecule has 1 unspecified atom stereocenters. The number of carbonyl (C=O) groups excluding carboxylic acids is 1. The molecule has 7 heteroatoms. The third-order valence-electron chi connectivity index (χ3n) is 2.86. The number of nitrogens with zero attached hydrogens (tertiary/aromatic N) is 1. The van der Waals surface area contributed by atoms with E-state index in [2.05, 4.69) is 20.6 Å². The summed E-state index contributed by atoms with van der Waals surface area (Å²) < 4.78 is 0. The van der Waals surface area contributed by atoms with Gasteiger partial charge in [-0.2, -0.15) is 0 Å². The maximum absolute atomic E-state index is 11.5. The van der Waals surface area contributed by atoms with E-state index in [4.69, 9.17) is 5.11 Å². The van der Waals surface area contributed by atoms with E-state index in [1.165, 1.54) is 6.33 Å². The molecule has 1 aliphatic carbocycles. The lowest BCUT2D eigenvalue weighted by molar-refractivity contribution is -0.139. The molecule has 0 radical (unpaired) electrons. The van der Waals surface area contributed by atoms with Gasteiger partial charge in [0, 0.05) is 6.20 Å². The molecule has 0 saturated heterocycles. The average molecular weight is 252 g/mol. The molecule has 1 fully saturated rings. The van der Waals surface area contributed by atoms with Gasteiger partial charge in [0.1, 0.15) is 6.04 Å². The van der Waals surface area contributed by atoms with Gasteiger partial charge in [0.2, 0.25) is 0 Å². The van der Waals surface area contributed by atoms with Gasteiger partial charge in [0.15, 0.2) is 0 Å². The van der Waals surface area contributed by atoms with Gasteiger partial charge < -0.3 is 20.7 Å². The van der Waals surface area contributed by atoms with Crippen molar-refractivity contribution in [2.24, 2.45) is 5.92 Å². The van der Waals surface area contributed by atoms with Crippen LogP contribution in [0.3, 0.4) is 0 Å². The topological polar surface area (TPSA) is 107 Å². The molecule has 18 heavy (non-hydrogen) atoms. The van der Waals surface area contributed by atoms with Crippen LogP contribution in [-0.2, 0) is 11.3 Å². The van der Waals surface area contributed by atoms with Crippen LogP contribution in [-0.4, -0.2) is 33.1 Å². The van der Waals surface area contributed by atoms with Crippen molar-refractivity contribution in [1.82, 2.24) is 20.6 Å². The summed E-state index contributed by atoms with van der Waals surface area (Å²) in [5.74, 6) is -0.544. The third kappa shape index (κ3) is 3.76. The highest BCUT2D eigenvalue weighted by atomic mass is 16.4. The van der Waals surface area contributed by atoms with Gasteiger partial charge in [-0.3, -0.25) is 0 Å². The van der Waals surface area contributed by atoms with Crippen LogP contribution in [0.15, 0.2) is 12.5 Å². The van der Waals surface area contributed by atoms with Crippen molar-refractivity contribution in [3.05, 3.63) is 18.2 Å². The number of carboxylic acids is 1. The first-order chi connectivity index (χ1) is 8.65. The molecule has 1 aliphatic rings. The molecule has 7 nitrogen and oxygen atoms in total. The summed E-state index contributed by atoms with van der Waals surface area (Å²) >= 11 is 0. The zero-order valence-corrected chi connectivity index (χ0v) is 9.85. The fourth-order valence-electron chi connectivity index (χ4n) is 1.67. The van der Waals surface area contributed by atoms with Gasteiger partial charge in [-0.25, -0.2) is 14.6 Å². The Labute approximate surface area is 104 Å². The molecule has 0 bridgehead atoms. The Bertz CT molecular complexity index is 414. The number of hydrogen-bond donors (Lipinski definition) is 4. The Morgan fingerprint density at radius 2 is 2.33 bits per heavy atom. The highest BCUT2D eigenvalue weighted by Gasteiger charge is 2.30. The normalized spacial score (nSPS) is 16.0. The van der Waals surface area contributed by atoms with Crippen LogP contribution in [0.2, 0.25) is 0 Å². The van der Waals surface area contributed by atoms with Crippen molar-refractivity contribution in [2.75, 3.05) is 0 Å². The molecule has 0 spiro atoms. The van der Waals surface area contributed by atoms with Gasteiger partial charge in [-0.1, -0.05) is 12.8 Å². The van der Waals surface area contributed by atoms with Gasteiger partial charge in [-0.15, -0.1) is 0 Å². The number of carbonyl (C=O) groups is 2. The van der Waals surface area contributed by atoms with Crippen molar-refractivity contribution in [3.63, 3.8) is 0 Å². The van der Waals surface area contributed by atoms with E-state index in [0.717, 1.165) is 18.5 Å². The zero-order chi connectivity index (χ0) is 13.0. The minimum Gasteiger partial charge on any atom is -0.480 e. The Balaban J connectivity index is 1.75. The monoisotopic (exact) mass is 252 g/mol. The molecule has 2 amide bonds. The summed E-state index contributed by atoms with van der Waals surface area (Å²) in [4.78, 5) is 29.2. The second-order valence-electron chi connectivity index (χ2n) is 4.47. The molecule has 0 aliphatic heterocycles. The van der Waals surface area contributed by atoms with E-state index in [0.29, 0.717) is 18.9 Å². The van der Waals surface area contributed by atoms with Crippen LogP contribution in [0.25, 0.3) is 0 Å². The Morgan fingerprint density at radius 1 is 1.56 bits per heavy atom. The van der Waals surface area contributed by atoms with Crippen molar-refractivity contribution in [1.29, 1.82) is 0 Å². The largest absolute Gasteiger partial charge is 0.480 e. The molecule has 0 aromatic carbocycles. The van der Waals surface area contributed by atoms with Crippen LogP contribution in [0, 0.1) is 5.92 Å². The predicted octanol–water partition coefficient (Wildman–Crippen LogP) is 0.462. The van der Waals surface area contributed by atoms with E-state index in [1.54, 1.807) is 6.20 Å². The summed E-state index contributed by atoms with van der Waals surface area (Å²) in [6.07, 6.45) is 5.73. The van der Waals surface area contributed by atoms with Gasteiger partial charge >= 0.3 is 12.0 Å². The van der Waals surface area contributed by atoms with E-state index in [-0.39, 0.29) is 0 Å². The maximum Gasteiger partial charge on any atom is 0.326 e. The van der Waals surface area contributed by atoms with Crippen LogP contribution < -0.4 is 10.6 Å². The minimum absolute atomic E-state index is 0.293. The van der Waals surface area contributed by atoms with E-state index in [1.807, 2.05) is 0 Å². The smallest absolute Gasteiger partial charge is 0.326 e. The summed E-state index contributed by atoms with van der Waals surface area (Å²) in [6, 6.07) is -1.28. The molecule has 1 aromatic rings. The molecule has 1 aromatic heterocycles. The number of rotatable bonds is 6. The number of H-pyrrole nitrogens is 1. The summed E-state index contributed by atoms with van der Waals surface area (Å²) in [6.45, 7) is 0.293. The first kappa shape index (κ1) is 12.4. The van der Waals surface area contributed by atoms with Crippen LogP contribution in [0.1, 0.15) is 25.0 Å². The number of hydrogen-bond acceptors (Lipinski definition) is 3. The standard InChI is InChI=1S/C11H16N4O3/c16-10(17)9(3-7-1-2-7)15-11(18)13-5-8-4-12-6-14-8/h4,6-7,9H,1-3,5H2,(H,12,14)(H,16,17)(H2,13,15,18). The number of nitrogens with one attached hydrogen (secondary N) is 3. The number of aliphatic carboxylic acids is 1. The minimum atomic E-state index is -0.987. The number of aromatic amines is 1. The van der Waals surface area contributed by atoms with Crippen molar-refractivity contribution >= 4 is 12.0 Å². The summed E-state index contributed by atoms with van der Waals surface area (Å²) in [5.41, 5.74) is 0.763. The van der Waals surface area contributed by atoms with Gasteiger partial charge in [-0.05, 0) is 12.3 Å². The number of urea groups is 1. The quantitative estimate of drug-likeness (QED) is 0.590. The van der Waals surface area contributed by atoms with Crippen molar-refractivity contribution < 1.29 is 14.7 Å². The van der Waals surface area contributed by atoms with E-state index in [9.17, 15) is 9.59 Å². The molecule has 1 heterocycles. The SMILES string of the molecule is O=C(NCc1cnc[nH]1)NC(CC1CC1)C(=O)O. The molecule has 98 valence electrons. The fourth-order valence-corrected chi connectivity index (χ4v) is 1.67. The molecule has 2 rings (SSSR count). The lowest BCUT2D eigenvalue weighted by Gasteiger charge is -2.14. The van der Waals surface area contributed by atoms with E-state index < -0.39 is 18.0 Å². The highest BCUT2D eigenvalue weighted by Crippen LogP contribution is 2.33. The summed E-state index contributed by atoms with van der Waals surface area (Å²) in [5, 5.41) is 14.0. The lowest BCUT2D eigenvalue weighted by atomic mass is 10.1. The number of aromatic nitrogens is 2. The van der Waals surface area contributed by atoms with Crippen LogP contribution in [0.4, 0.5) is 4.79 Å². The second-order valence-corrected chi connectivity index (χ2v) is 4.47. The number of imidazole rings is 1.